The fraction of sp³-hybridized carbons (Fsp3) is 0.100. The molecule has 0 spiro atoms. The lowest BCUT2D eigenvalue weighted by atomic mass is 10.1. The van der Waals surface area contributed by atoms with E-state index in [4.69, 9.17) is 0 Å². The highest BCUT2D eigenvalue weighted by molar-refractivity contribution is 6.06. The molecule has 0 bridgehead atoms. The molecule has 0 aliphatic heterocycles. The predicted octanol–water partition coefficient (Wildman–Crippen LogP) is 5.33. The van der Waals surface area contributed by atoms with Gasteiger partial charge in [0.05, 0.1) is 16.9 Å². The van der Waals surface area contributed by atoms with Crippen molar-refractivity contribution in [2.75, 3.05) is 5.32 Å². The first-order valence-corrected chi connectivity index (χ1v) is 7.85. The lowest BCUT2D eigenvalue weighted by molar-refractivity contribution is -0.137. The van der Waals surface area contributed by atoms with Gasteiger partial charge in [-0.2, -0.15) is 13.2 Å². The van der Waals surface area contributed by atoms with Crippen molar-refractivity contribution in [1.82, 2.24) is 4.98 Å². The summed E-state index contributed by atoms with van der Waals surface area (Å²) < 4.78 is 38.9. The molecule has 1 N–H and O–H groups in total. The molecular weight excluding hydrogens is 341 g/mol. The Kier molecular flexibility index (Phi) is 4.75. The van der Waals surface area contributed by atoms with Gasteiger partial charge < -0.3 is 5.32 Å². The molecule has 3 rings (SSSR count). The topological polar surface area (TPSA) is 42.0 Å². The minimum atomic E-state index is -4.45. The maximum Gasteiger partial charge on any atom is 0.416 e. The normalized spacial score (nSPS) is 11.2. The summed E-state index contributed by atoms with van der Waals surface area (Å²) in [5.74, 6) is -0.352. The summed E-state index contributed by atoms with van der Waals surface area (Å²) in [4.78, 5) is 16.6. The molecule has 3 aromatic rings. The van der Waals surface area contributed by atoms with Gasteiger partial charge in [0, 0.05) is 17.3 Å². The maximum atomic E-state index is 13.0. The number of nitrogens with one attached hydrogen (secondary N) is 1. The van der Waals surface area contributed by atoms with E-state index in [1.54, 1.807) is 30.3 Å². The zero-order valence-electron chi connectivity index (χ0n) is 13.8. The summed E-state index contributed by atoms with van der Waals surface area (Å²) in [5, 5.41) is 2.73. The van der Waals surface area contributed by atoms with Crippen LogP contribution < -0.4 is 5.32 Å². The van der Waals surface area contributed by atoms with Crippen molar-refractivity contribution in [2.45, 2.75) is 13.1 Å². The molecule has 1 heterocycles. The van der Waals surface area contributed by atoms with E-state index in [0.717, 1.165) is 17.7 Å². The summed E-state index contributed by atoms with van der Waals surface area (Å²) in [7, 11) is 0. The van der Waals surface area contributed by atoms with E-state index in [0.29, 0.717) is 11.3 Å². The van der Waals surface area contributed by atoms with Crippen LogP contribution in [0.15, 0.2) is 66.9 Å². The Morgan fingerprint density at radius 2 is 1.77 bits per heavy atom. The van der Waals surface area contributed by atoms with Gasteiger partial charge in [0.25, 0.3) is 5.91 Å². The molecule has 0 saturated carbocycles. The monoisotopic (exact) mass is 356 g/mol. The number of aryl methyl sites for hydroxylation is 1. The standard InChI is InChI=1S/C20H15F3N2O/c1-13-5-2-7-15(11-13)19(26)25-17-9-4-10-24-18(17)14-6-3-8-16(12-14)20(21,22)23/h2-12H,1H3,(H,25,26). The first kappa shape index (κ1) is 17.7. The number of aromatic nitrogens is 1. The summed E-state index contributed by atoms with van der Waals surface area (Å²) in [6.07, 6.45) is -2.98. The highest BCUT2D eigenvalue weighted by Crippen LogP contribution is 2.33. The number of nitrogens with zero attached hydrogens (tertiary/aromatic N) is 1. The van der Waals surface area contributed by atoms with Gasteiger partial charge >= 0.3 is 6.18 Å². The van der Waals surface area contributed by atoms with Crippen LogP contribution in [0.5, 0.6) is 0 Å². The highest BCUT2D eigenvalue weighted by atomic mass is 19.4. The maximum absolute atomic E-state index is 13.0. The van der Waals surface area contributed by atoms with E-state index in [-0.39, 0.29) is 17.2 Å². The number of benzene rings is 2. The third-order valence-electron chi connectivity index (χ3n) is 3.80. The van der Waals surface area contributed by atoms with Crippen molar-refractivity contribution < 1.29 is 18.0 Å². The minimum Gasteiger partial charge on any atom is -0.320 e. The van der Waals surface area contributed by atoms with Gasteiger partial charge in [0.1, 0.15) is 0 Å². The number of amides is 1. The summed E-state index contributed by atoms with van der Waals surface area (Å²) in [5.41, 5.74) is 1.53. The van der Waals surface area contributed by atoms with Crippen molar-refractivity contribution >= 4 is 11.6 Å². The SMILES string of the molecule is Cc1cccc(C(=O)Nc2cccnc2-c2cccc(C(F)(F)F)c2)c1. The van der Waals surface area contributed by atoms with Crippen LogP contribution in [-0.4, -0.2) is 10.9 Å². The van der Waals surface area contributed by atoms with E-state index < -0.39 is 11.7 Å². The average molecular weight is 356 g/mol. The Morgan fingerprint density at radius 1 is 1.00 bits per heavy atom. The summed E-state index contributed by atoms with van der Waals surface area (Å²) >= 11 is 0. The highest BCUT2D eigenvalue weighted by Gasteiger charge is 2.30. The number of halogens is 3. The molecule has 0 fully saturated rings. The smallest absolute Gasteiger partial charge is 0.320 e. The molecule has 0 radical (unpaired) electrons. The minimum absolute atomic E-state index is 0.277. The molecule has 6 heteroatoms. The van der Waals surface area contributed by atoms with Gasteiger partial charge in [-0.15, -0.1) is 0 Å². The number of rotatable bonds is 3. The summed E-state index contributed by atoms with van der Waals surface area (Å²) in [6.45, 7) is 1.87. The molecule has 0 saturated heterocycles. The van der Waals surface area contributed by atoms with Crippen molar-refractivity contribution in [1.29, 1.82) is 0 Å². The van der Waals surface area contributed by atoms with E-state index in [1.165, 1.54) is 18.3 Å². The van der Waals surface area contributed by atoms with Crippen LogP contribution in [0.25, 0.3) is 11.3 Å². The molecule has 2 aromatic carbocycles. The average Bonchev–Trinajstić information content (AvgIpc) is 2.61. The Hall–Kier alpha value is -3.15. The van der Waals surface area contributed by atoms with Crippen LogP contribution in [0.3, 0.4) is 0 Å². The second-order valence-corrected chi connectivity index (χ2v) is 5.80. The molecule has 0 aliphatic rings. The van der Waals surface area contributed by atoms with Crippen molar-refractivity contribution in [3.8, 4) is 11.3 Å². The number of carbonyl (C=O) groups excluding carboxylic acids is 1. The quantitative estimate of drug-likeness (QED) is 0.689. The largest absolute Gasteiger partial charge is 0.416 e. The first-order valence-electron chi connectivity index (χ1n) is 7.85. The predicted molar refractivity (Wildman–Crippen MR) is 93.8 cm³/mol. The number of alkyl halides is 3. The Balaban J connectivity index is 1.96. The van der Waals surface area contributed by atoms with Crippen LogP contribution >= 0.6 is 0 Å². The molecule has 132 valence electrons. The molecule has 0 atom stereocenters. The second-order valence-electron chi connectivity index (χ2n) is 5.80. The van der Waals surface area contributed by atoms with Gasteiger partial charge in [0.15, 0.2) is 0 Å². The van der Waals surface area contributed by atoms with Crippen molar-refractivity contribution in [3.63, 3.8) is 0 Å². The molecule has 3 nitrogen and oxygen atoms in total. The Labute approximate surface area is 148 Å². The fourth-order valence-corrected chi connectivity index (χ4v) is 2.56. The van der Waals surface area contributed by atoms with Gasteiger partial charge in [-0.1, -0.05) is 29.8 Å². The number of carbonyl (C=O) groups is 1. The van der Waals surface area contributed by atoms with Crippen LogP contribution in [0.1, 0.15) is 21.5 Å². The van der Waals surface area contributed by atoms with E-state index >= 15 is 0 Å². The van der Waals surface area contributed by atoms with Crippen LogP contribution in [0, 0.1) is 6.92 Å². The van der Waals surface area contributed by atoms with E-state index in [1.807, 2.05) is 13.0 Å². The van der Waals surface area contributed by atoms with Crippen LogP contribution in [0.4, 0.5) is 18.9 Å². The number of anilines is 1. The van der Waals surface area contributed by atoms with Crippen LogP contribution in [0.2, 0.25) is 0 Å². The van der Waals surface area contributed by atoms with Crippen LogP contribution in [-0.2, 0) is 6.18 Å². The lowest BCUT2D eigenvalue weighted by Crippen LogP contribution is -2.13. The Morgan fingerprint density at radius 3 is 2.50 bits per heavy atom. The Bertz CT molecular complexity index is 952. The zero-order chi connectivity index (χ0) is 18.7. The lowest BCUT2D eigenvalue weighted by Gasteiger charge is -2.12. The van der Waals surface area contributed by atoms with Gasteiger partial charge in [-0.25, -0.2) is 0 Å². The van der Waals surface area contributed by atoms with E-state index in [2.05, 4.69) is 10.3 Å². The fourth-order valence-electron chi connectivity index (χ4n) is 2.56. The third-order valence-corrected chi connectivity index (χ3v) is 3.80. The number of pyridine rings is 1. The summed E-state index contributed by atoms with van der Waals surface area (Å²) in [6, 6.07) is 15.1. The van der Waals surface area contributed by atoms with Gasteiger partial charge in [0.2, 0.25) is 0 Å². The molecule has 1 amide bonds. The molecule has 26 heavy (non-hydrogen) atoms. The molecule has 0 unspecified atom stereocenters. The first-order chi connectivity index (χ1) is 12.3. The second kappa shape index (κ2) is 7.00. The van der Waals surface area contributed by atoms with Crippen molar-refractivity contribution in [2.24, 2.45) is 0 Å². The zero-order valence-corrected chi connectivity index (χ0v) is 13.8. The molecular formula is C20H15F3N2O. The third kappa shape index (κ3) is 3.91. The van der Waals surface area contributed by atoms with E-state index in [9.17, 15) is 18.0 Å². The molecule has 1 aromatic heterocycles. The van der Waals surface area contributed by atoms with Gasteiger partial charge in [-0.05, 0) is 43.3 Å². The number of hydrogen-bond acceptors (Lipinski definition) is 2. The van der Waals surface area contributed by atoms with Crippen molar-refractivity contribution in [3.05, 3.63) is 83.6 Å². The number of hydrogen-bond donors (Lipinski definition) is 1. The molecule has 0 aliphatic carbocycles. The van der Waals surface area contributed by atoms with Gasteiger partial charge in [-0.3, -0.25) is 9.78 Å².